The number of ether oxygens (including phenoxy) is 1. The van der Waals surface area contributed by atoms with E-state index >= 15 is 0 Å². The topological polar surface area (TPSA) is 88.8 Å². The fraction of sp³-hybridized carbons (Fsp3) is 0.379. The molecule has 3 aromatic rings. The van der Waals surface area contributed by atoms with Crippen LogP contribution in [-0.4, -0.2) is 35.6 Å². The van der Waals surface area contributed by atoms with Gasteiger partial charge in [-0.05, 0) is 36.8 Å². The fourth-order valence-electron chi connectivity index (χ4n) is 4.90. The second-order valence-corrected chi connectivity index (χ2v) is 9.44. The molecule has 1 aliphatic rings. The number of anilines is 2. The van der Waals surface area contributed by atoms with Crippen molar-refractivity contribution in [2.75, 3.05) is 29.6 Å². The lowest BCUT2D eigenvalue weighted by Crippen LogP contribution is -2.39. The zero-order valence-corrected chi connectivity index (χ0v) is 21.5. The van der Waals surface area contributed by atoms with E-state index in [4.69, 9.17) is 4.74 Å². The van der Waals surface area contributed by atoms with E-state index in [1.807, 2.05) is 79.4 Å². The van der Waals surface area contributed by atoms with Gasteiger partial charge in [-0.15, -0.1) is 0 Å². The summed E-state index contributed by atoms with van der Waals surface area (Å²) in [5.41, 5.74) is 2.37. The molecule has 2 aromatic carbocycles. The number of nitrogens with zero attached hydrogens (tertiary/aromatic N) is 4. The number of carbonyl (C=O) groups is 1. The minimum atomic E-state index is -0.408. The number of pyridine rings is 1. The first kappa shape index (κ1) is 26.3. The van der Waals surface area contributed by atoms with Gasteiger partial charge in [0.25, 0.3) is 0 Å². The average molecular weight is 503 g/mol. The van der Waals surface area contributed by atoms with Gasteiger partial charge in [-0.3, -0.25) is 14.9 Å². The van der Waals surface area contributed by atoms with Crippen molar-refractivity contribution < 1.29 is 14.5 Å². The highest BCUT2D eigenvalue weighted by Crippen LogP contribution is 2.34. The predicted octanol–water partition coefficient (Wildman–Crippen LogP) is 5.61. The maximum Gasteiger partial charge on any atom is 0.313 e. The summed E-state index contributed by atoms with van der Waals surface area (Å²) in [7, 11) is 0. The monoisotopic (exact) mass is 502 g/mol. The molecule has 194 valence electrons. The van der Waals surface area contributed by atoms with Gasteiger partial charge in [-0.1, -0.05) is 67.6 Å². The van der Waals surface area contributed by atoms with Crippen molar-refractivity contribution in [3.63, 3.8) is 0 Å². The molecule has 1 aliphatic heterocycles. The molecular weight excluding hydrogens is 468 g/mol. The van der Waals surface area contributed by atoms with Crippen LogP contribution in [-0.2, 0) is 22.6 Å². The Morgan fingerprint density at radius 3 is 2.14 bits per heavy atom. The minimum Gasteiger partial charge on any atom is -0.381 e. The summed E-state index contributed by atoms with van der Waals surface area (Å²) in [6.07, 6.45) is 3.27. The number of hydrogen-bond donors (Lipinski definition) is 0. The van der Waals surface area contributed by atoms with Crippen molar-refractivity contribution in [3.05, 3.63) is 94.2 Å². The summed E-state index contributed by atoms with van der Waals surface area (Å²) in [4.78, 5) is 33.4. The molecule has 4 rings (SSSR count). The summed E-state index contributed by atoms with van der Waals surface area (Å²) >= 11 is 0. The van der Waals surface area contributed by atoms with Crippen LogP contribution in [0.25, 0.3) is 0 Å². The molecule has 0 radical (unpaired) electrons. The molecule has 0 bridgehead atoms. The maximum absolute atomic E-state index is 13.4. The van der Waals surface area contributed by atoms with Crippen molar-refractivity contribution in [3.8, 4) is 0 Å². The third-order valence-corrected chi connectivity index (χ3v) is 7.02. The lowest BCUT2D eigenvalue weighted by Gasteiger charge is -2.31. The van der Waals surface area contributed by atoms with Gasteiger partial charge in [0.2, 0.25) is 11.7 Å². The van der Waals surface area contributed by atoms with Crippen LogP contribution in [0.5, 0.6) is 0 Å². The molecule has 37 heavy (non-hydrogen) atoms. The lowest BCUT2D eigenvalue weighted by atomic mass is 9.86. The van der Waals surface area contributed by atoms with E-state index in [0.29, 0.717) is 38.5 Å². The molecule has 1 aromatic heterocycles. The van der Waals surface area contributed by atoms with Gasteiger partial charge >= 0.3 is 5.69 Å². The Balaban J connectivity index is 1.66. The molecule has 1 amide bonds. The van der Waals surface area contributed by atoms with Crippen LogP contribution in [0.2, 0.25) is 0 Å². The average Bonchev–Trinajstić information content (AvgIpc) is 2.94. The number of carbonyl (C=O) groups excluding carboxylic acids is 1. The van der Waals surface area contributed by atoms with Gasteiger partial charge in [0, 0.05) is 44.8 Å². The molecule has 0 unspecified atom stereocenters. The number of benzene rings is 2. The maximum atomic E-state index is 13.4. The van der Waals surface area contributed by atoms with E-state index in [0.717, 1.165) is 24.0 Å². The Morgan fingerprint density at radius 1 is 1.05 bits per heavy atom. The Morgan fingerprint density at radius 2 is 1.62 bits per heavy atom. The van der Waals surface area contributed by atoms with E-state index in [-0.39, 0.29) is 29.2 Å². The molecule has 2 heterocycles. The van der Waals surface area contributed by atoms with Gasteiger partial charge in [0.05, 0.1) is 16.8 Å². The van der Waals surface area contributed by atoms with Crippen LogP contribution in [0.15, 0.2) is 72.9 Å². The van der Waals surface area contributed by atoms with Crippen LogP contribution >= 0.6 is 0 Å². The van der Waals surface area contributed by atoms with Gasteiger partial charge in [0.15, 0.2) is 0 Å². The second-order valence-electron chi connectivity index (χ2n) is 9.44. The molecule has 0 saturated carbocycles. The highest BCUT2D eigenvalue weighted by atomic mass is 16.6. The SMILES string of the molecule is CCN(C(=O)[C@H](C)C1CCOCC1)c1cnc(N(Cc2ccccc2)Cc2ccccc2)c([N+](=O)[O-])c1. The largest absolute Gasteiger partial charge is 0.381 e. The van der Waals surface area contributed by atoms with Crippen LogP contribution in [0.3, 0.4) is 0 Å². The standard InChI is InChI=1S/C29H34N4O4/c1-3-32(29(34)22(2)25-14-16-37-17-15-25)26-18-27(33(35)36)28(30-19-26)31(20-23-10-6-4-7-11-23)21-24-12-8-5-9-13-24/h4-13,18-19,22,25H,3,14-17,20-21H2,1-2H3/t22-/m1/s1. The summed E-state index contributed by atoms with van der Waals surface area (Å²) < 4.78 is 5.45. The first-order chi connectivity index (χ1) is 18.0. The first-order valence-electron chi connectivity index (χ1n) is 12.8. The third kappa shape index (κ3) is 6.51. The quantitative estimate of drug-likeness (QED) is 0.264. The van der Waals surface area contributed by atoms with E-state index in [9.17, 15) is 14.9 Å². The smallest absolute Gasteiger partial charge is 0.313 e. The number of hydrogen-bond acceptors (Lipinski definition) is 6. The summed E-state index contributed by atoms with van der Waals surface area (Å²) in [5.74, 6) is 0.283. The molecule has 0 aliphatic carbocycles. The molecule has 1 atom stereocenters. The summed E-state index contributed by atoms with van der Waals surface area (Å²) in [5, 5.41) is 12.3. The van der Waals surface area contributed by atoms with Crippen molar-refractivity contribution in [2.24, 2.45) is 11.8 Å². The molecule has 1 fully saturated rings. The van der Waals surface area contributed by atoms with Crippen molar-refractivity contribution in [1.82, 2.24) is 4.98 Å². The summed E-state index contributed by atoms with van der Waals surface area (Å²) in [6.45, 7) is 6.47. The van der Waals surface area contributed by atoms with Gasteiger partial charge in [-0.25, -0.2) is 4.98 Å². The van der Waals surface area contributed by atoms with Gasteiger partial charge in [-0.2, -0.15) is 0 Å². The van der Waals surface area contributed by atoms with Crippen LogP contribution in [0.4, 0.5) is 17.2 Å². The zero-order valence-electron chi connectivity index (χ0n) is 21.5. The number of rotatable bonds is 10. The number of nitro groups is 1. The third-order valence-electron chi connectivity index (χ3n) is 7.02. The second kappa shape index (κ2) is 12.5. The van der Waals surface area contributed by atoms with Crippen LogP contribution in [0, 0.1) is 22.0 Å². The van der Waals surface area contributed by atoms with E-state index in [1.165, 1.54) is 6.07 Å². The molecular formula is C29H34N4O4. The van der Waals surface area contributed by atoms with Crippen molar-refractivity contribution in [1.29, 1.82) is 0 Å². The number of aromatic nitrogens is 1. The Kier molecular flexibility index (Phi) is 8.85. The minimum absolute atomic E-state index is 0.0383. The summed E-state index contributed by atoms with van der Waals surface area (Å²) in [6, 6.07) is 21.1. The van der Waals surface area contributed by atoms with Crippen molar-refractivity contribution >= 4 is 23.1 Å². The first-order valence-corrected chi connectivity index (χ1v) is 12.8. The van der Waals surface area contributed by atoms with Crippen molar-refractivity contribution in [2.45, 2.75) is 39.8 Å². The van der Waals surface area contributed by atoms with E-state index in [1.54, 1.807) is 11.1 Å². The number of amides is 1. The zero-order chi connectivity index (χ0) is 26.2. The molecule has 1 saturated heterocycles. The normalized spacial score (nSPS) is 14.6. The van der Waals surface area contributed by atoms with Gasteiger partial charge in [0.1, 0.15) is 0 Å². The lowest BCUT2D eigenvalue weighted by molar-refractivity contribution is -0.384. The highest BCUT2D eigenvalue weighted by Gasteiger charge is 2.31. The molecule has 0 N–H and O–H groups in total. The van der Waals surface area contributed by atoms with Crippen LogP contribution < -0.4 is 9.80 Å². The Hall–Kier alpha value is -3.78. The van der Waals surface area contributed by atoms with Crippen LogP contribution in [0.1, 0.15) is 37.8 Å². The Bertz CT molecular complexity index is 1140. The highest BCUT2D eigenvalue weighted by molar-refractivity contribution is 5.95. The predicted molar refractivity (Wildman–Crippen MR) is 144 cm³/mol. The van der Waals surface area contributed by atoms with Gasteiger partial charge < -0.3 is 14.5 Å². The molecule has 8 heteroatoms. The molecule has 8 nitrogen and oxygen atoms in total. The van der Waals surface area contributed by atoms with E-state index < -0.39 is 4.92 Å². The van der Waals surface area contributed by atoms with E-state index in [2.05, 4.69) is 4.98 Å². The fourth-order valence-corrected chi connectivity index (χ4v) is 4.90. The Labute approximate surface area is 218 Å². The molecule has 0 spiro atoms.